The molecule has 7 heteroatoms. The van der Waals surface area contributed by atoms with E-state index in [0.717, 1.165) is 29.7 Å². The zero-order valence-corrected chi connectivity index (χ0v) is 19.2. The molecule has 0 unspecified atom stereocenters. The van der Waals surface area contributed by atoms with Crippen molar-refractivity contribution in [3.05, 3.63) is 83.4 Å². The number of halogens is 2. The molecule has 1 saturated heterocycles. The lowest BCUT2D eigenvalue weighted by Gasteiger charge is -2.22. The van der Waals surface area contributed by atoms with Gasteiger partial charge in [0.15, 0.2) is 0 Å². The summed E-state index contributed by atoms with van der Waals surface area (Å²) in [6.07, 6.45) is 4.57. The Hall–Kier alpha value is -3.06. The number of aliphatic hydroxyl groups is 1. The number of rotatable bonds is 11. The van der Waals surface area contributed by atoms with Gasteiger partial charge in [-0.3, -0.25) is 4.79 Å². The second-order valence-electron chi connectivity index (χ2n) is 8.96. The first kappa shape index (κ1) is 25.6. The number of aromatic carboxylic acids is 1. The number of amides is 1. The normalized spacial score (nSPS) is 19.5. The smallest absolute Gasteiger partial charge is 0.335 e. The summed E-state index contributed by atoms with van der Waals surface area (Å²) in [4.78, 5) is 24.4. The molecular weight excluding hydrogens is 440 g/mol. The largest absolute Gasteiger partial charge is 0.478 e. The van der Waals surface area contributed by atoms with E-state index in [1.165, 1.54) is 29.8 Å². The molecule has 0 spiro atoms. The van der Waals surface area contributed by atoms with Gasteiger partial charge in [-0.2, -0.15) is 8.78 Å². The van der Waals surface area contributed by atoms with Crippen LogP contribution in [0, 0.1) is 5.92 Å². The van der Waals surface area contributed by atoms with Gasteiger partial charge < -0.3 is 15.1 Å². The Kier molecular flexibility index (Phi) is 8.56. The fourth-order valence-corrected chi connectivity index (χ4v) is 4.20. The van der Waals surface area contributed by atoms with Crippen LogP contribution < -0.4 is 0 Å². The highest BCUT2D eigenvalue weighted by Gasteiger charge is 2.52. The Labute approximate surface area is 198 Å². The van der Waals surface area contributed by atoms with Crippen LogP contribution in [-0.2, 0) is 17.6 Å². The Bertz CT molecular complexity index is 991. The Morgan fingerprint density at radius 3 is 2.41 bits per heavy atom. The van der Waals surface area contributed by atoms with Gasteiger partial charge in [0.2, 0.25) is 0 Å². The number of aliphatic hydroxyl groups excluding tert-OH is 1. The highest BCUT2D eigenvalue weighted by Crippen LogP contribution is 2.34. The molecule has 34 heavy (non-hydrogen) atoms. The molecule has 2 aromatic carbocycles. The van der Waals surface area contributed by atoms with Gasteiger partial charge in [0.25, 0.3) is 5.91 Å². The van der Waals surface area contributed by atoms with E-state index in [9.17, 15) is 23.5 Å². The lowest BCUT2D eigenvalue weighted by molar-refractivity contribution is -0.148. The standard InChI is InChI=1S/C27H31F2NO4/c1-19(6-5-9-20-7-3-2-4-8-20)24(31)15-14-23-18-27(28,29)26(34)30(23)17-16-21-10-12-22(13-11-21)25(32)33/h2-4,7-8,10-15,19,23-24,31H,5-6,9,16-18H2,1H3,(H,32,33)/t19-,23-,24+/m0/s1. The molecule has 0 radical (unpaired) electrons. The molecule has 0 saturated carbocycles. The topological polar surface area (TPSA) is 77.8 Å². The molecular formula is C27H31F2NO4. The number of nitrogens with zero attached hydrogens (tertiary/aromatic N) is 1. The summed E-state index contributed by atoms with van der Waals surface area (Å²) in [5.74, 6) is -5.73. The van der Waals surface area contributed by atoms with Gasteiger partial charge in [-0.15, -0.1) is 0 Å². The molecule has 1 amide bonds. The minimum atomic E-state index is -3.44. The number of likely N-dealkylation sites (tertiary alicyclic amines) is 1. The Morgan fingerprint density at radius 2 is 1.76 bits per heavy atom. The van der Waals surface area contributed by atoms with Crippen LogP contribution in [0.25, 0.3) is 0 Å². The second-order valence-corrected chi connectivity index (χ2v) is 8.96. The van der Waals surface area contributed by atoms with Crippen molar-refractivity contribution in [2.45, 2.75) is 57.1 Å². The van der Waals surface area contributed by atoms with Crippen LogP contribution in [0.3, 0.4) is 0 Å². The van der Waals surface area contributed by atoms with Crippen LogP contribution in [-0.4, -0.2) is 51.6 Å². The van der Waals surface area contributed by atoms with Crippen LogP contribution in [0.2, 0.25) is 0 Å². The molecule has 1 fully saturated rings. The summed E-state index contributed by atoms with van der Waals surface area (Å²) in [5.41, 5.74) is 2.13. The van der Waals surface area contributed by atoms with E-state index in [1.807, 2.05) is 25.1 Å². The number of carbonyl (C=O) groups is 2. The van der Waals surface area contributed by atoms with Gasteiger partial charge >= 0.3 is 11.9 Å². The molecule has 3 rings (SSSR count). The fourth-order valence-electron chi connectivity index (χ4n) is 4.20. The molecule has 1 aliphatic heterocycles. The zero-order chi connectivity index (χ0) is 24.7. The number of hydrogen-bond acceptors (Lipinski definition) is 3. The Morgan fingerprint density at radius 1 is 1.12 bits per heavy atom. The zero-order valence-electron chi connectivity index (χ0n) is 19.2. The van der Waals surface area contributed by atoms with Crippen molar-refractivity contribution in [1.82, 2.24) is 4.90 Å². The average molecular weight is 472 g/mol. The number of hydrogen-bond donors (Lipinski definition) is 2. The third kappa shape index (κ3) is 6.73. The van der Waals surface area contributed by atoms with Crippen LogP contribution in [0.5, 0.6) is 0 Å². The predicted octanol–water partition coefficient (Wildman–Crippen LogP) is 4.74. The maximum atomic E-state index is 14.2. The maximum Gasteiger partial charge on any atom is 0.335 e. The quantitative estimate of drug-likeness (QED) is 0.464. The summed E-state index contributed by atoms with van der Waals surface area (Å²) < 4.78 is 28.3. The van der Waals surface area contributed by atoms with Crippen molar-refractivity contribution in [2.24, 2.45) is 5.92 Å². The lowest BCUT2D eigenvalue weighted by Crippen LogP contribution is -2.37. The van der Waals surface area contributed by atoms with Crippen molar-refractivity contribution in [2.75, 3.05) is 6.54 Å². The molecule has 1 heterocycles. The van der Waals surface area contributed by atoms with Crippen molar-refractivity contribution in [3.63, 3.8) is 0 Å². The lowest BCUT2D eigenvalue weighted by atomic mass is 9.95. The van der Waals surface area contributed by atoms with Crippen LogP contribution in [0.15, 0.2) is 66.7 Å². The van der Waals surface area contributed by atoms with Crippen LogP contribution in [0.4, 0.5) is 8.78 Å². The van der Waals surface area contributed by atoms with Crippen molar-refractivity contribution in [3.8, 4) is 0 Å². The van der Waals surface area contributed by atoms with E-state index >= 15 is 0 Å². The molecule has 0 bridgehead atoms. The van der Waals surface area contributed by atoms with Crippen molar-refractivity contribution in [1.29, 1.82) is 0 Å². The number of alkyl halides is 2. The molecule has 0 aromatic heterocycles. The van der Waals surface area contributed by atoms with E-state index in [2.05, 4.69) is 12.1 Å². The number of carboxylic acid groups (broad SMARTS) is 1. The van der Waals surface area contributed by atoms with Gasteiger partial charge in [0.1, 0.15) is 0 Å². The minimum Gasteiger partial charge on any atom is -0.478 e. The van der Waals surface area contributed by atoms with Gasteiger partial charge in [-0.25, -0.2) is 4.79 Å². The first-order valence-corrected chi connectivity index (χ1v) is 11.6. The van der Waals surface area contributed by atoms with E-state index in [-0.39, 0.29) is 18.0 Å². The van der Waals surface area contributed by atoms with Gasteiger partial charge in [-0.05, 0) is 54.9 Å². The van der Waals surface area contributed by atoms with E-state index in [0.29, 0.717) is 6.42 Å². The predicted molar refractivity (Wildman–Crippen MR) is 126 cm³/mol. The summed E-state index contributed by atoms with van der Waals surface area (Å²) >= 11 is 0. The molecule has 1 aliphatic rings. The summed E-state index contributed by atoms with van der Waals surface area (Å²) in [7, 11) is 0. The molecule has 182 valence electrons. The third-order valence-corrected chi connectivity index (χ3v) is 6.36. The molecule has 2 N–H and O–H groups in total. The van der Waals surface area contributed by atoms with E-state index in [4.69, 9.17) is 5.11 Å². The number of benzene rings is 2. The maximum absolute atomic E-state index is 14.2. The summed E-state index contributed by atoms with van der Waals surface area (Å²) in [6.45, 7) is 2.01. The van der Waals surface area contributed by atoms with Crippen LogP contribution >= 0.6 is 0 Å². The molecule has 2 aromatic rings. The number of carbonyl (C=O) groups excluding carboxylic acids is 1. The average Bonchev–Trinajstić information content (AvgIpc) is 3.04. The number of carboxylic acids is 1. The molecule has 5 nitrogen and oxygen atoms in total. The van der Waals surface area contributed by atoms with Gasteiger partial charge in [-0.1, -0.05) is 61.5 Å². The first-order chi connectivity index (χ1) is 16.2. The number of aryl methyl sites for hydroxylation is 1. The van der Waals surface area contributed by atoms with Crippen molar-refractivity contribution < 1.29 is 28.6 Å². The fraction of sp³-hybridized carbons (Fsp3) is 0.407. The van der Waals surface area contributed by atoms with E-state index in [1.54, 1.807) is 12.1 Å². The molecule has 0 aliphatic carbocycles. The van der Waals surface area contributed by atoms with Crippen molar-refractivity contribution >= 4 is 11.9 Å². The van der Waals surface area contributed by atoms with E-state index < -0.39 is 36.4 Å². The van der Waals surface area contributed by atoms with Gasteiger partial charge in [0, 0.05) is 13.0 Å². The Balaban J connectivity index is 1.55. The summed E-state index contributed by atoms with van der Waals surface area (Å²) in [6, 6.07) is 15.4. The SMILES string of the molecule is C[C@@H](CCCc1ccccc1)[C@H](O)C=C[C@H]1CC(F)(F)C(=O)N1CCc1ccc(C(=O)O)cc1. The summed E-state index contributed by atoms with van der Waals surface area (Å²) in [5, 5.41) is 19.5. The highest BCUT2D eigenvalue weighted by atomic mass is 19.3. The van der Waals surface area contributed by atoms with Gasteiger partial charge in [0.05, 0.1) is 17.7 Å². The first-order valence-electron chi connectivity index (χ1n) is 11.6. The van der Waals surface area contributed by atoms with Crippen LogP contribution in [0.1, 0.15) is 47.7 Å². The molecule has 3 atom stereocenters. The second kappa shape index (κ2) is 11.4. The highest BCUT2D eigenvalue weighted by molar-refractivity contribution is 5.87. The minimum absolute atomic E-state index is 0.0428. The monoisotopic (exact) mass is 471 g/mol. The third-order valence-electron chi connectivity index (χ3n) is 6.36.